The van der Waals surface area contributed by atoms with Crippen molar-refractivity contribution in [2.75, 3.05) is 11.9 Å². The Morgan fingerprint density at radius 1 is 1.13 bits per heavy atom. The van der Waals surface area contributed by atoms with Crippen LogP contribution in [0.25, 0.3) is 0 Å². The Labute approximate surface area is 138 Å². The fraction of sp³-hybridized carbons (Fsp3) is 0.176. The van der Waals surface area contributed by atoms with Crippen molar-refractivity contribution in [3.8, 4) is 0 Å². The van der Waals surface area contributed by atoms with Crippen molar-refractivity contribution in [2.45, 2.75) is 13.8 Å². The molecular formula is C17H15ClFNO3. The third-order valence-corrected chi connectivity index (χ3v) is 3.52. The molecule has 6 heteroatoms. The van der Waals surface area contributed by atoms with E-state index in [-0.39, 0.29) is 10.7 Å². The van der Waals surface area contributed by atoms with E-state index in [1.165, 1.54) is 12.1 Å². The fourth-order valence-electron chi connectivity index (χ4n) is 1.86. The number of amides is 1. The molecule has 0 atom stereocenters. The third kappa shape index (κ3) is 4.53. The molecule has 23 heavy (non-hydrogen) atoms. The van der Waals surface area contributed by atoms with Gasteiger partial charge in [-0.2, -0.15) is 0 Å². The van der Waals surface area contributed by atoms with Crippen molar-refractivity contribution in [3.05, 3.63) is 63.9 Å². The number of hydrogen-bond acceptors (Lipinski definition) is 3. The molecule has 1 N–H and O–H groups in total. The number of carbonyl (C=O) groups is 2. The van der Waals surface area contributed by atoms with Gasteiger partial charge in [0.1, 0.15) is 5.82 Å². The lowest BCUT2D eigenvalue weighted by atomic mass is 10.1. The van der Waals surface area contributed by atoms with Gasteiger partial charge in [0, 0.05) is 5.02 Å². The van der Waals surface area contributed by atoms with Gasteiger partial charge >= 0.3 is 5.97 Å². The normalized spacial score (nSPS) is 10.3. The van der Waals surface area contributed by atoms with Crippen LogP contribution >= 0.6 is 11.6 Å². The lowest BCUT2D eigenvalue weighted by Crippen LogP contribution is -2.21. The second kappa shape index (κ2) is 7.24. The van der Waals surface area contributed by atoms with Crippen LogP contribution in [0, 0.1) is 19.7 Å². The maximum Gasteiger partial charge on any atom is 0.338 e. The van der Waals surface area contributed by atoms with E-state index >= 15 is 0 Å². The molecule has 0 aliphatic carbocycles. The molecule has 0 unspecified atom stereocenters. The summed E-state index contributed by atoms with van der Waals surface area (Å²) in [7, 11) is 0. The highest BCUT2D eigenvalue weighted by molar-refractivity contribution is 6.30. The van der Waals surface area contributed by atoms with Crippen LogP contribution in [0.1, 0.15) is 21.5 Å². The molecule has 0 radical (unpaired) electrons. The Balaban J connectivity index is 1.93. The first kappa shape index (κ1) is 17.0. The van der Waals surface area contributed by atoms with Crippen LogP contribution in [0.2, 0.25) is 5.02 Å². The number of carbonyl (C=O) groups excluding carboxylic acids is 2. The largest absolute Gasteiger partial charge is 0.452 e. The molecule has 0 fully saturated rings. The van der Waals surface area contributed by atoms with Gasteiger partial charge < -0.3 is 10.1 Å². The van der Waals surface area contributed by atoms with Crippen LogP contribution < -0.4 is 5.32 Å². The Kier molecular flexibility index (Phi) is 5.34. The summed E-state index contributed by atoms with van der Waals surface area (Å²) < 4.78 is 18.5. The van der Waals surface area contributed by atoms with Crippen molar-refractivity contribution >= 4 is 29.2 Å². The topological polar surface area (TPSA) is 55.4 Å². The summed E-state index contributed by atoms with van der Waals surface area (Å²) >= 11 is 5.63. The first-order chi connectivity index (χ1) is 10.9. The second-order valence-corrected chi connectivity index (χ2v) is 5.48. The van der Waals surface area contributed by atoms with E-state index in [0.29, 0.717) is 5.56 Å². The van der Waals surface area contributed by atoms with Crippen molar-refractivity contribution in [3.63, 3.8) is 0 Å². The molecule has 0 aliphatic heterocycles. The highest BCUT2D eigenvalue weighted by atomic mass is 35.5. The van der Waals surface area contributed by atoms with Crippen LogP contribution in [0.3, 0.4) is 0 Å². The highest BCUT2D eigenvalue weighted by Gasteiger charge is 2.12. The maximum absolute atomic E-state index is 13.5. The summed E-state index contributed by atoms with van der Waals surface area (Å²) in [4.78, 5) is 23.6. The summed E-state index contributed by atoms with van der Waals surface area (Å²) in [6, 6.07) is 8.98. The Morgan fingerprint density at radius 2 is 1.87 bits per heavy atom. The number of anilines is 1. The summed E-state index contributed by atoms with van der Waals surface area (Å²) in [5.41, 5.74) is 2.34. The molecule has 2 rings (SSSR count). The van der Waals surface area contributed by atoms with Gasteiger partial charge in [0.05, 0.1) is 11.3 Å². The van der Waals surface area contributed by atoms with Gasteiger partial charge in [0.2, 0.25) is 0 Å². The maximum atomic E-state index is 13.5. The zero-order valence-corrected chi connectivity index (χ0v) is 13.4. The van der Waals surface area contributed by atoms with Crippen molar-refractivity contribution in [2.24, 2.45) is 0 Å². The zero-order chi connectivity index (χ0) is 17.0. The number of esters is 1. The number of ether oxygens (including phenoxy) is 1. The van der Waals surface area contributed by atoms with Gasteiger partial charge in [0.25, 0.3) is 5.91 Å². The highest BCUT2D eigenvalue weighted by Crippen LogP contribution is 2.18. The van der Waals surface area contributed by atoms with Gasteiger partial charge in [0.15, 0.2) is 6.61 Å². The number of aryl methyl sites for hydroxylation is 2. The van der Waals surface area contributed by atoms with Crippen LogP contribution in [-0.4, -0.2) is 18.5 Å². The van der Waals surface area contributed by atoms with E-state index < -0.39 is 24.3 Å². The zero-order valence-electron chi connectivity index (χ0n) is 12.7. The Morgan fingerprint density at radius 3 is 2.52 bits per heavy atom. The molecule has 4 nitrogen and oxygen atoms in total. The Bertz CT molecular complexity index is 761. The molecule has 2 aromatic carbocycles. The van der Waals surface area contributed by atoms with Gasteiger partial charge in [-0.15, -0.1) is 0 Å². The minimum Gasteiger partial charge on any atom is -0.452 e. The predicted octanol–water partition coefficient (Wildman–Crippen LogP) is 3.89. The molecule has 0 spiro atoms. The van der Waals surface area contributed by atoms with Crippen LogP contribution in [0.5, 0.6) is 0 Å². The smallest absolute Gasteiger partial charge is 0.338 e. The van der Waals surface area contributed by atoms with Gasteiger partial charge in [-0.25, -0.2) is 9.18 Å². The molecule has 1 amide bonds. The predicted molar refractivity (Wildman–Crippen MR) is 86.2 cm³/mol. The lowest BCUT2D eigenvalue weighted by Gasteiger charge is -2.08. The summed E-state index contributed by atoms with van der Waals surface area (Å²) in [6.45, 7) is 3.30. The molecule has 0 bridgehead atoms. The number of halogens is 2. The van der Waals surface area contributed by atoms with Gasteiger partial charge in [-0.3, -0.25) is 4.79 Å². The van der Waals surface area contributed by atoms with Gasteiger partial charge in [-0.05, 0) is 55.3 Å². The number of hydrogen-bond donors (Lipinski definition) is 1. The van der Waals surface area contributed by atoms with Crippen LogP contribution in [-0.2, 0) is 9.53 Å². The van der Waals surface area contributed by atoms with E-state index in [1.54, 1.807) is 18.2 Å². The second-order valence-electron chi connectivity index (χ2n) is 5.05. The van der Waals surface area contributed by atoms with Crippen molar-refractivity contribution in [1.29, 1.82) is 0 Å². The van der Waals surface area contributed by atoms with E-state index in [0.717, 1.165) is 17.2 Å². The SMILES string of the molecule is Cc1ccc(C(=O)OCC(=O)Nc2ccc(Cl)cc2F)cc1C. The lowest BCUT2D eigenvalue weighted by molar-refractivity contribution is -0.119. The van der Waals surface area contributed by atoms with Gasteiger partial charge in [-0.1, -0.05) is 17.7 Å². The first-order valence-electron chi connectivity index (χ1n) is 6.86. The van der Waals surface area contributed by atoms with E-state index in [9.17, 15) is 14.0 Å². The molecule has 0 saturated carbocycles. The van der Waals surface area contributed by atoms with E-state index in [1.807, 2.05) is 13.8 Å². The molecule has 0 aliphatic rings. The monoisotopic (exact) mass is 335 g/mol. The van der Waals surface area contributed by atoms with E-state index in [2.05, 4.69) is 5.32 Å². The third-order valence-electron chi connectivity index (χ3n) is 3.28. The minimum absolute atomic E-state index is 0.0263. The average Bonchev–Trinajstić information content (AvgIpc) is 2.50. The molecule has 0 aromatic heterocycles. The Hall–Kier alpha value is -2.40. The fourth-order valence-corrected chi connectivity index (χ4v) is 2.02. The summed E-state index contributed by atoms with van der Waals surface area (Å²) in [5.74, 6) is -1.91. The van der Waals surface area contributed by atoms with Crippen molar-refractivity contribution < 1.29 is 18.7 Å². The van der Waals surface area contributed by atoms with Crippen LogP contribution in [0.4, 0.5) is 10.1 Å². The van der Waals surface area contributed by atoms with Crippen LogP contribution in [0.15, 0.2) is 36.4 Å². The summed E-state index contributed by atoms with van der Waals surface area (Å²) in [5, 5.41) is 2.54. The molecular weight excluding hydrogens is 321 g/mol. The standard InChI is InChI=1S/C17H15ClFNO3/c1-10-3-4-12(7-11(10)2)17(22)23-9-16(21)20-15-6-5-13(18)8-14(15)19/h3-8H,9H2,1-2H3,(H,20,21). The first-order valence-corrected chi connectivity index (χ1v) is 7.24. The molecule has 0 heterocycles. The van der Waals surface area contributed by atoms with Crippen molar-refractivity contribution in [1.82, 2.24) is 0 Å². The number of rotatable bonds is 4. The molecule has 0 saturated heterocycles. The number of benzene rings is 2. The molecule has 2 aromatic rings. The summed E-state index contributed by atoms with van der Waals surface area (Å²) in [6.07, 6.45) is 0. The minimum atomic E-state index is -0.661. The average molecular weight is 336 g/mol. The van der Waals surface area contributed by atoms with E-state index in [4.69, 9.17) is 16.3 Å². The quantitative estimate of drug-likeness (QED) is 0.862. The molecule has 120 valence electrons. The number of nitrogens with one attached hydrogen (secondary N) is 1.